The Morgan fingerprint density at radius 3 is 3.00 bits per heavy atom. The highest BCUT2D eigenvalue weighted by Gasteiger charge is 2.27. The zero-order chi connectivity index (χ0) is 12.1. The van der Waals surface area contributed by atoms with E-state index in [0.29, 0.717) is 19.3 Å². The van der Waals surface area contributed by atoms with E-state index in [1.807, 2.05) is 24.3 Å². The first-order valence-electron chi connectivity index (χ1n) is 5.62. The van der Waals surface area contributed by atoms with Crippen LogP contribution in [0.15, 0.2) is 24.3 Å². The second-order valence-electron chi connectivity index (χ2n) is 3.92. The minimum Gasteiger partial charge on any atom is -0.338 e. The molecule has 1 aliphatic rings. The van der Waals surface area contributed by atoms with E-state index in [4.69, 9.17) is 6.42 Å². The highest BCUT2D eigenvalue weighted by atomic mass is 16.1. The van der Waals surface area contributed by atoms with Crippen LogP contribution in [0.3, 0.4) is 0 Å². The summed E-state index contributed by atoms with van der Waals surface area (Å²) in [5.74, 6) is 5.66. The summed E-state index contributed by atoms with van der Waals surface area (Å²) in [5, 5.41) is 3.08. The van der Waals surface area contributed by atoms with Gasteiger partial charge in [-0.05, 0) is 5.56 Å². The van der Waals surface area contributed by atoms with E-state index in [0.717, 1.165) is 11.1 Å². The highest BCUT2D eigenvalue weighted by molar-refractivity contribution is 6.01. The number of Topliss-reactive ketones (excluding diaryl/α,β-unsaturated/α-hetero) is 1. The van der Waals surface area contributed by atoms with Gasteiger partial charge in [0.05, 0.1) is 6.04 Å². The molecular weight excluding hydrogens is 210 g/mol. The van der Waals surface area contributed by atoms with Gasteiger partial charge in [0.1, 0.15) is 0 Å². The molecule has 0 spiro atoms. The molecule has 2 rings (SSSR count). The predicted molar refractivity (Wildman–Crippen MR) is 67.1 cm³/mol. The molecule has 0 radical (unpaired) electrons. The van der Waals surface area contributed by atoms with Crippen LogP contribution in [0.5, 0.6) is 0 Å². The number of rotatable bonds is 2. The van der Waals surface area contributed by atoms with Crippen molar-refractivity contribution in [1.29, 1.82) is 0 Å². The van der Waals surface area contributed by atoms with Crippen molar-refractivity contribution in [3.8, 4) is 24.3 Å². The van der Waals surface area contributed by atoms with Gasteiger partial charge in [-0.15, -0.1) is 12.3 Å². The Morgan fingerprint density at radius 1 is 1.35 bits per heavy atom. The number of terminal acetylenes is 1. The smallest absolute Gasteiger partial charge is 0.165 e. The van der Waals surface area contributed by atoms with Gasteiger partial charge in [0.25, 0.3) is 0 Å². The molecule has 0 bridgehead atoms. The van der Waals surface area contributed by atoms with Crippen LogP contribution < -0.4 is 5.32 Å². The molecule has 17 heavy (non-hydrogen) atoms. The molecule has 0 aromatic heterocycles. The predicted octanol–water partition coefficient (Wildman–Crippen LogP) is 2.28. The molecule has 84 valence electrons. The monoisotopic (exact) mass is 223 g/mol. The average Bonchev–Trinajstić information content (AvgIpc) is 2.67. The third kappa shape index (κ3) is 2.49. The topological polar surface area (TPSA) is 29.1 Å². The number of hydrogen-bond acceptors (Lipinski definition) is 2. The number of fused-ring (bicyclic) bond motifs is 1. The van der Waals surface area contributed by atoms with Gasteiger partial charge in [-0.2, -0.15) is 0 Å². The molecule has 1 aliphatic carbocycles. The molecule has 1 aromatic carbocycles. The lowest BCUT2D eigenvalue weighted by molar-refractivity contribution is 0.0987. The molecule has 1 N–H and O–H groups in total. The summed E-state index contributed by atoms with van der Waals surface area (Å²) in [7, 11) is 0. The molecule has 2 heteroatoms. The van der Waals surface area contributed by atoms with Crippen LogP contribution in [-0.4, -0.2) is 5.78 Å². The maximum Gasteiger partial charge on any atom is 0.165 e. The molecule has 0 saturated carbocycles. The van der Waals surface area contributed by atoms with E-state index >= 15 is 0 Å². The van der Waals surface area contributed by atoms with E-state index in [1.54, 1.807) is 0 Å². The lowest BCUT2D eigenvalue weighted by Gasteiger charge is -2.07. The number of ketones is 1. The Balaban J connectivity index is 2.03. The molecule has 0 heterocycles. The van der Waals surface area contributed by atoms with Gasteiger partial charge >= 0.3 is 0 Å². The standard InChI is InChI=1S/C15H13NO/c1-2-3-4-7-10-16-14-11-15(17)13-9-6-5-8-12(13)14/h1,5-6,8-9,14,16H,3-4,11H2. The fourth-order valence-electron chi connectivity index (χ4n) is 1.92. The minimum absolute atomic E-state index is 0.0250. The van der Waals surface area contributed by atoms with Crippen LogP contribution in [0.1, 0.15) is 41.2 Å². The summed E-state index contributed by atoms with van der Waals surface area (Å²) >= 11 is 0. The van der Waals surface area contributed by atoms with E-state index < -0.39 is 0 Å². The van der Waals surface area contributed by atoms with E-state index in [-0.39, 0.29) is 11.8 Å². The second kappa shape index (κ2) is 5.23. The molecule has 1 atom stereocenters. The van der Waals surface area contributed by atoms with Gasteiger partial charge in [0.15, 0.2) is 5.78 Å². The Kier molecular flexibility index (Phi) is 3.48. The molecule has 2 nitrogen and oxygen atoms in total. The van der Waals surface area contributed by atoms with Crippen molar-refractivity contribution in [2.24, 2.45) is 0 Å². The molecule has 0 saturated heterocycles. The number of benzene rings is 1. The van der Waals surface area contributed by atoms with Gasteiger partial charge in [-0.1, -0.05) is 30.2 Å². The van der Waals surface area contributed by atoms with Crippen LogP contribution in [0, 0.1) is 24.3 Å². The van der Waals surface area contributed by atoms with Crippen molar-refractivity contribution in [2.45, 2.75) is 25.3 Å². The van der Waals surface area contributed by atoms with Crippen LogP contribution >= 0.6 is 0 Å². The van der Waals surface area contributed by atoms with Crippen molar-refractivity contribution >= 4 is 5.78 Å². The van der Waals surface area contributed by atoms with Crippen LogP contribution in [0.25, 0.3) is 0 Å². The summed E-state index contributed by atoms with van der Waals surface area (Å²) in [6.45, 7) is 0. The van der Waals surface area contributed by atoms with Gasteiger partial charge in [0.2, 0.25) is 0 Å². The highest BCUT2D eigenvalue weighted by Crippen LogP contribution is 2.30. The van der Waals surface area contributed by atoms with Crippen molar-refractivity contribution < 1.29 is 4.79 Å². The average molecular weight is 223 g/mol. The van der Waals surface area contributed by atoms with E-state index in [1.165, 1.54) is 0 Å². The Labute approximate surface area is 101 Å². The summed E-state index contributed by atoms with van der Waals surface area (Å²) in [6, 6.07) is 10.6. The van der Waals surface area contributed by atoms with Crippen LogP contribution in [-0.2, 0) is 0 Å². The SMILES string of the molecule is C#CCCC#CNC1CC(=O)c2ccccc21. The maximum atomic E-state index is 11.7. The van der Waals surface area contributed by atoms with Crippen LogP contribution in [0.4, 0.5) is 0 Å². The number of hydrogen-bond donors (Lipinski definition) is 1. The quantitative estimate of drug-likeness (QED) is 0.473. The number of carbonyl (C=O) groups is 1. The van der Waals surface area contributed by atoms with E-state index in [2.05, 4.69) is 23.2 Å². The third-order valence-electron chi connectivity index (χ3n) is 2.76. The molecular formula is C15H13NO. The second-order valence-corrected chi connectivity index (χ2v) is 3.92. The number of carbonyl (C=O) groups excluding carboxylic acids is 1. The fourth-order valence-corrected chi connectivity index (χ4v) is 1.92. The fraction of sp³-hybridized carbons (Fsp3) is 0.267. The summed E-state index contributed by atoms with van der Waals surface area (Å²) in [4.78, 5) is 11.7. The first-order valence-corrected chi connectivity index (χ1v) is 5.62. The maximum absolute atomic E-state index is 11.7. The first-order chi connectivity index (χ1) is 8.33. The van der Waals surface area contributed by atoms with E-state index in [9.17, 15) is 4.79 Å². The van der Waals surface area contributed by atoms with Crippen molar-refractivity contribution in [3.63, 3.8) is 0 Å². The van der Waals surface area contributed by atoms with Gasteiger partial charge in [0, 0.05) is 30.9 Å². The molecule has 1 aromatic rings. The zero-order valence-corrected chi connectivity index (χ0v) is 9.49. The minimum atomic E-state index is 0.0250. The van der Waals surface area contributed by atoms with Gasteiger partial charge in [-0.25, -0.2) is 0 Å². The van der Waals surface area contributed by atoms with Crippen molar-refractivity contribution in [1.82, 2.24) is 5.32 Å². The molecule has 1 unspecified atom stereocenters. The molecule has 0 amide bonds. The zero-order valence-electron chi connectivity index (χ0n) is 9.49. The Hall–Kier alpha value is -2.19. The largest absolute Gasteiger partial charge is 0.338 e. The van der Waals surface area contributed by atoms with Crippen LogP contribution in [0.2, 0.25) is 0 Å². The normalized spacial score (nSPS) is 16.6. The van der Waals surface area contributed by atoms with Gasteiger partial charge < -0.3 is 5.32 Å². The Morgan fingerprint density at radius 2 is 2.18 bits per heavy atom. The summed E-state index contributed by atoms with van der Waals surface area (Å²) < 4.78 is 0. The Bertz CT molecular complexity index is 528. The number of nitrogens with one attached hydrogen (secondary N) is 1. The molecule has 0 aliphatic heterocycles. The van der Waals surface area contributed by atoms with Gasteiger partial charge in [-0.3, -0.25) is 4.79 Å². The number of unbranched alkanes of at least 4 members (excludes halogenated alkanes) is 1. The van der Waals surface area contributed by atoms with Crippen molar-refractivity contribution in [3.05, 3.63) is 35.4 Å². The summed E-state index contributed by atoms with van der Waals surface area (Å²) in [5.41, 5.74) is 1.86. The van der Waals surface area contributed by atoms with Crippen molar-refractivity contribution in [2.75, 3.05) is 0 Å². The molecule has 0 fully saturated rings. The lowest BCUT2D eigenvalue weighted by Crippen LogP contribution is -2.13. The first kappa shape index (κ1) is 11.3. The lowest BCUT2D eigenvalue weighted by atomic mass is 10.1. The summed E-state index contributed by atoms with van der Waals surface area (Å²) in [6.07, 6.45) is 6.97. The third-order valence-corrected chi connectivity index (χ3v) is 2.76.